The number of carbonyl (C=O) groups excluding carboxylic acids is 2. The van der Waals surface area contributed by atoms with Crippen molar-refractivity contribution in [3.05, 3.63) is 24.3 Å². The lowest BCUT2D eigenvalue weighted by Crippen LogP contribution is -2.43. The number of carbonyl (C=O) groups is 2. The standard InChI is InChI=1S/C24H41N3O4Si/c1-7-30-22(28)14-17-27(23(25)29)21-10-8-20(9-11-21)26-15-12-19(13-16-26)18-31-32(5,6)24(2,3)4/h8-11,19H,7,12-18H2,1-6H3,(H2,25,29). The molecule has 1 heterocycles. The van der Waals surface area contributed by atoms with E-state index in [0.29, 0.717) is 18.2 Å². The Morgan fingerprint density at radius 3 is 2.25 bits per heavy atom. The SMILES string of the molecule is CCOC(=O)CCN(C(N)=O)c1ccc(N2CCC(CO[Si](C)(C)C(C)(C)C)CC2)cc1. The molecule has 0 aliphatic carbocycles. The van der Waals surface area contributed by atoms with Crippen LogP contribution in [0.1, 0.15) is 47.0 Å². The summed E-state index contributed by atoms with van der Waals surface area (Å²) in [6.07, 6.45) is 2.34. The first-order valence-electron chi connectivity index (χ1n) is 11.7. The smallest absolute Gasteiger partial charge is 0.319 e. The minimum Gasteiger partial charge on any atom is -0.466 e. The second kappa shape index (κ2) is 11.2. The molecule has 1 aliphatic heterocycles. The predicted molar refractivity (Wildman–Crippen MR) is 133 cm³/mol. The number of ether oxygens (including phenoxy) is 1. The summed E-state index contributed by atoms with van der Waals surface area (Å²) in [4.78, 5) is 27.3. The van der Waals surface area contributed by atoms with Gasteiger partial charge in [-0.3, -0.25) is 9.69 Å². The Labute approximate surface area is 194 Å². The molecule has 1 saturated heterocycles. The second-order valence-corrected chi connectivity index (χ2v) is 14.9. The number of esters is 1. The van der Waals surface area contributed by atoms with Gasteiger partial charge >= 0.3 is 12.0 Å². The highest BCUT2D eigenvalue weighted by Gasteiger charge is 2.37. The molecule has 0 bridgehead atoms. The predicted octanol–water partition coefficient (Wildman–Crippen LogP) is 4.76. The fourth-order valence-corrected chi connectivity index (χ4v) is 4.63. The quantitative estimate of drug-likeness (QED) is 0.421. The highest BCUT2D eigenvalue weighted by atomic mass is 28.4. The molecule has 0 aromatic heterocycles. The van der Waals surface area contributed by atoms with E-state index in [0.717, 1.165) is 38.2 Å². The van der Waals surface area contributed by atoms with E-state index in [-0.39, 0.29) is 24.0 Å². The van der Waals surface area contributed by atoms with E-state index in [9.17, 15) is 9.59 Å². The van der Waals surface area contributed by atoms with Crippen molar-refractivity contribution >= 4 is 31.7 Å². The summed E-state index contributed by atoms with van der Waals surface area (Å²) in [5.41, 5.74) is 7.34. The zero-order valence-corrected chi connectivity index (χ0v) is 21.6. The Bertz CT molecular complexity index is 754. The van der Waals surface area contributed by atoms with Gasteiger partial charge in [0, 0.05) is 37.6 Å². The van der Waals surface area contributed by atoms with Crippen LogP contribution in [0.25, 0.3) is 0 Å². The van der Waals surface area contributed by atoms with Crippen LogP contribution in [0.2, 0.25) is 18.1 Å². The van der Waals surface area contributed by atoms with E-state index in [1.54, 1.807) is 6.92 Å². The number of nitrogens with zero attached hydrogens (tertiary/aromatic N) is 2. The molecule has 0 saturated carbocycles. The first-order valence-corrected chi connectivity index (χ1v) is 14.6. The average Bonchev–Trinajstić information content (AvgIpc) is 2.72. The number of rotatable bonds is 9. The zero-order valence-electron chi connectivity index (χ0n) is 20.6. The maximum Gasteiger partial charge on any atom is 0.319 e. The molecule has 2 amide bonds. The average molecular weight is 464 g/mol. The van der Waals surface area contributed by atoms with Gasteiger partial charge in [0.05, 0.1) is 13.0 Å². The Morgan fingerprint density at radius 2 is 1.75 bits per heavy atom. The van der Waals surface area contributed by atoms with Crippen molar-refractivity contribution in [3.63, 3.8) is 0 Å². The summed E-state index contributed by atoms with van der Waals surface area (Å²) in [5.74, 6) is 0.267. The number of hydrogen-bond acceptors (Lipinski definition) is 5. The van der Waals surface area contributed by atoms with Gasteiger partial charge in [-0.05, 0) is 68.1 Å². The van der Waals surface area contributed by atoms with E-state index >= 15 is 0 Å². The molecule has 1 aromatic carbocycles. The summed E-state index contributed by atoms with van der Waals surface area (Å²) in [6.45, 7) is 16.6. The zero-order chi connectivity index (χ0) is 23.9. The van der Waals surface area contributed by atoms with Gasteiger partial charge in [0.1, 0.15) is 0 Å². The van der Waals surface area contributed by atoms with Crippen molar-refractivity contribution in [3.8, 4) is 0 Å². The Kier molecular flexibility index (Phi) is 9.15. The van der Waals surface area contributed by atoms with Gasteiger partial charge in [-0.25, -0.2) is 4.79 Å². The topological polar surface area (TPSA) is 85.1 Å². The van der Waals surface area contributed by atoms with E-state index in [2.05, 4.69) is 38.8 Å². The number of primary amides is 1. The number of amides is 2. The number of piperidine rings is 1. The van der Waals surface area contributed by atoms with Crippen molar-refractivity contribution < 1.29 is 18.8 Å². The Balaban J connectivity index is 1.89. The second-order valence-electron chi connectivity index (χ2n) is 10.1. The highest BCUT2D eigenvalue weighted by Crippen LogP contribution is 2.37. The number of benzene rings is 1. The third-order valence-corrected chi connectivity index (χ3v) is 11.2. The number of urea groups is 1. The van der Waals surface area contributed by atoms with Crippen LogP contribution >= 0.6 is 0 Å². The molecule has 1 aromatic rings. The van der Waals surface area contributed by atoms with Crippen LogP contribution in [-0.2, 0) is 14.0 Å². The molecule has 0 spiro atoms. The summed E-state index contributed by atoms with van der Waals surface area (Å²) >= 11 is 0. The van der Waals surface area contributed by atoms with Crippen molar-refractivity contribution in [2.75, 3.05) is 42.6 Å². The minimum atomic E-state index is -1.70. The molecular formula is C24H41N3O4Si. The molecule has 7 nitrogen and oxygen atoms in total. The molecule has 1 aliphatic rings. The van der Waals surface area contributed by atoms with Gasteiger partial charge in [0.15, 0.2) is 8.32 Å². The van der Waals surface area contributed by atoms with Gasteiger partial charge in [-0.1, -0.05) is 20.8 Å². The van der Waals surface area contributed by atoms with Gasteiger partial charge in [-0.2, -0.15) is 0 Å². The van der Waals surface area contributed by atoms with Crippen molar-refractivity contribution in [1.82, 2.24) is 0 Å². The fraction of sp³-hybridized carbons (Fsp3) is 0.667. The lowest BCUT2D eigenvalue weighted by molar-refractivity contribution is -0.142. The van der Waals surface area contributed by atoms with Crippen molar-refractivity contribution in [1.29, 1.82) is 0 Å². The molecular weight excluding hydrogens is 422 g/mol. The third kappa shape index (κ3) is 7.23. The summed E-state index contributed by atoms with van der Waals surface area (Å²) in [5, 5.41) is 0.241. The lowest BCUT2D eigenvalue weighted by atomic mass is 9.97. The van der Waals surface area contributed by atoms with Crippen molar-refractivity contribution in [2.24, 2.45) is 11.7 Å². The molecule has 180 valence electrons. The van der Waals surface area contributed by atoms with Crippen LogP contribution in [0.4, 0.5) is 16.2 Å². The molecule has 0 atom stereocenters. The maximum absolute atomic E-state index is 11.9. The molecule has 8 heteroatoms. The van der Waals surface area contributed by atoms with E-state index in [4.69, 9.17) is 14.9 Å². The maximum atomic E-state index is 11.9. The number of hydrogen-bond donors (Lipinski definition) is 1. The van der Waals surface area contributed by atoms with Gasteiger partial charge in [0.2, 0.25) is 0 Å². The summed E-state index contributed by atoms with van der Waals surface area (Å²) < 4.78 is 11.4. The molecule has 0 unspecified atom stereocenters. The van der Waals surface area contributed by atoms with E-state index in [1.165, 1.54) is 4.90 Å². The fourth-order valence-electron chi connectivity index (χ4n) is 3.55. The van der Waals surface area contributed by atoms with Crippen LogP contribution < -0.4 is 15.5 Å². The van der Waals surface area contributed by atoms with E-state index in [1.807, 2.05) is 24.3 Å². The molecule has 1 fully saturated rings. The van der Waals surface area contributed by atoms with Crippen molar-refractivity contribution in [2.45, 2.75) is 65.1 Å². The monoisotopic (exact) mass is 463 g/mol. The summed E-state index contributed by atoms with van der Waals surface area (Å²) in [7, 11) is -1.70. The largest absolute Gasteiger partial charge is 0.466 e. The third-order valence-electron chi connectivity index (χ3n) is 6.74. The molecule has 32 heavy (non-hydrogen) atoms. The van der Waals surface area contributed by atoms with Gasteiger partial charge < -0.3 is 19.8 Å². The summed E-state index contributed by atoms with van der Waals surface area (Å²) in [6, 6.07) is 7.23. The normalized spacial score (nSPS) is 15.5. The first kappa shape index (κ1) is 26.2. The molecule has 0 radical (unpaired) electrons. The van der Waals surface area contributed by atoms with E-state index < -0.39 is 14.3 Å². The van der Waals surface area contributed by atoms with Crippen LogP contribution in [0, 0.1) is 5.92 Å². The Morgan fingerprint density at radius 1 is 1.16 bits per heavy atom. The van der Waals surface area contributed by atoms with Gasteiger partial charge in [0.25, 0.3) is 0 Å². The lowest BCUT2D eigenvalue weighted by Gasteiger charge is -2.39. The van der Waals surface area contributed by atoms with Crippen LogP contribution in [0.3, 0.4) is 0 Å². The number of nitrogens with two attached hydrogens (primary N) is 1. The van der Waals surface area contributed by atoms with Gasteiger partial charge in [-0.15, -0.1) is 0 Å². The Hall–Kier alpha value is -2.06. The van der Waals surface area contributed by atoms with Crippen LogP contribution in [0.5, 0.6) is 0 Å². The first-order chi connectivity index (χ1) is 14.9. The molecule has 2 rings (SSSR count). The number of anilines is 2. The minimum absolute atomic E-state index is 0.114. The van der Waals surface area contributed by atoms with Crippen LogP contribution in [0.15, 0.2) is 24.3 Å². The van der Waals surface area contributed by atoms with Crippen LogP contribution in [-0.4, -0.2) is 53.2 Å². The molecule has 2 N–H and O–H groups in total. The highest BCUT2D eigenvalue weighted by molar-refractivity contribution is 6.74.